The average molecular weight is 315 g/mol. The van der Waals surface area contributed by atoms with Crippen LogP contribution in [0.3, 0.4) is 0 Å². The molecule has 0 spiro atoms. The predicted octanol–water partition coefficient (Wildman–Crippen LogP) is 2.26. The minimum Gasteiger partial charge on any atom is -0.481 e. The molecule has 2 heterocycles. The summed E-state index contributed by atoms with van der Waals surface area (Å²) in [5, 5.41) is 8.86. The number of rotatable bonds is 4. The molecular weight excluding hydrogens is 298 g/mol. The van der Waals surface area contributed by atoms with Crippen molar-refractivity contribution in [2.24, 2.45) is 0 Å². The molecule has 1 aliphatic rings. The summed E-state index contributed by atoms with van der Waals surface area (Å²) in [6.45, 7) is 1.11. The summed E-state index contributed by atoms with van der Waals surface area (Å²) in [6, 6.07) is 9.14. The second-order valence-electron chi connectivity index (χ2n) is 5.43. The van der Waals surface area contributed by atoms with Gasteiger partial charge in [0.25, 0.3) is 5.91 Å². The van der Waals surface area contributed by atoms with Crippen LogP contribution in [0.5, 0.6) is 0 Å². The molecule has 6 heteroatoms. The Morgan fingerprint density at radius 3 is 2.87 bits per heavy atom. The van der Waals surface area contributed by atoms with Crippen molar-refractivity contribution in [3.63, 3.8) is 0 Å². The molecule has 1 fully saturated rings. The van der Waals surface area contributed by atoms with E-state index in [1.807, 2.05) is 24.3 Å². The smallest absolute Gasteiger partial charge is 0.306 e. The van der Waals surface area contributed by atoms with Crippen molar-refractivity contribution in [1.29, 1.82) is 0 Å². The van der Waals surface area contributed by atoms with Gasteiger partial charge in [-0.2, -0.15) is 0 Å². The number of morpholine rings is 1. The molecule has 23 heavy (non-hydrogen) atoms. The Labute approximate surface area is 133 Å². The van der Waals surface area contributed by atoms with Gasteiger partial charge >= 0.3 is 5.97 Å². The van der Waals surface area contributed by atoms with E-state index in [1.54, 1.807) is 23.5 Å². The van der Waals surface area contributed by atoms with E-state index in [9.17, 15) is 9.59 Å². The monoisotopic (exact) mass is 315 g/mol. The predicted molar refractivity (Wildman–Crippen MR) is 82.0 cm³/mol. The van der Waals surface area contributed by atoms with E-state index >= 15 is 0 Å². The highest BCUT2D eigenvalue weighted by Gasteiger charge is 2.26. The molecule has 0 radical (unpaired) electrons. The lowest BCUT2D eigenvalue weighted by molar-refractivity contribution is -0.141. The van der Waals surface area contributed by atoms with Gasteiger partial charge in [-0.1, -0.05) is 12.1 Å². The van der Waals surface area contributed by atoms with Gasteiger partial charge in [-0.05, 0) is 23.8 Å². The third-order valence-corrected chi connectivity index (χ3v) is 3.79. The lowest BCUT2D eigenvalue weighted by atomic mass is 10.0. The molecule has 1 saturated heterocycles. The van der Waals surface area contributed by atoms with Gasteiger partial charge in [-0.25, -0.2) is 0 Å². The van der Waals surface area contributed by atoms with Gasteiger partial charge in [-0.15, -0.1) is 0 Å². The van der Waals surface area contributed by atoms with E-state index in [0.717, 1.165) is 11.1 Å². The number of carbonyl (C=O) groups is 2. The SMILES string of the molecule is O=C(O)C[C@@H]1CN(C(=O)c2cccc(-c3ccoc3)c2)CCO1. The standard InChI is InChI=1S/C17H17NO5/c19-16(20)9-15-10-18(5-7-23-15)17(21)13-3-1-2-12(8-13)14-4-6-22-11-14/h1-4,6,8,11,15H,5,7,9-10H2,(H,19,20)/t15-/m1/s1. The van der Waals surface area contributed by atoms with Crippen LogP contribution in [-0.2, 0) is 9.53 Å². The molecule has 1 aromatic carbocycles. The summed E-state index contributed by atoms with van der Waals surface area (Å²) in [5.74, 6) is -1.04. The molecule has 1 aromatic heterocycles. The zero-order valence-electron chi connectivity index (χ0n) is 12.5. The maximum absolute atomic E-state index is 12.7. The average Bonchev–Trinajstić information content (AvgIpc) is 3.08. The van der Waals surface area contributed by atoms with Crippen LogP contribution in [0.2, 0.25) is 0 Å². The van der Waals surface area contributed by atoms with Crippen LogP contribution in [-0.4, -0.2) is 47.7 Å². The zero-order chi connectivity index (χ0) is 16.2. The lowest BCUT2D eigenvalue weighted by Gasteiger charge is -2.32. The highest BCUT2D eigenvalue weighted by atomic mass is 16.5. The largest absolute Gasteiger partial charge is 0.481 e. The molecule has 120 valence electrons. The molecule has 3 rings (SSSR count). The van der Waals surface area contributed by atoms with Crippen molar-refractivity contribution in [3.05, 3.63) is 48.4 Å². The minimum atomic E-state index is -0.925. The van der Waals surface area contributed by atoms with Gasteiger partial charge < -0.3 is 19.2 Å². The van der Waals surface area contributed by atoms with E-state index in [0.29, 0.717) is 25.3 Å². The maximum Gasteiger partial charge on any atom is 0.306 e. The fraction of sp³-hybridized carbons (Fsp3) is 0.294. The number of nitrogens with zero attached hydrogens (tertiary/aromatic N) is 1. The molecule has 1 aliphatic heterocycles. The summed E-state index contributed by atoms with van der Waals surface area (Å²) < 4.78 is 10.5. The number of carboxylic acid groups (broad SMARTS) is 1. The van der Waals surface area contributed by atoms with Gasteiger partial charge in [0, 0.05) is 24.2 Å². The van der Waals surface area contributed by atoms with Crippen LogP contribution in [0, 0.1) is 0 Å². The first-order chi connectivity index (χ1) is 11.1. The van der Waals surface area contributed by atoms with Crippen molar-refractivity contribution in [3.8, 4) is 11.1 Å². The quantitative estimate of drug-likeness (QED) is 0.936. The zero-order valence-corrected chi connectivity index (χ0v) is 12.5. The Morgan fingerprint density at radius 1 is 1.26 bits per heavy atom. The molecule has 1 N–H and O–H groups in total. The number of carbonyl (C=O) groups excluding carboxylic acids is 1. The van der Waals surface area contributed by atoms with Crippen LogP contribution >= 0.6 is 0 Å². The van der Waals surface area contributed by atoms with Crippen molar-refractivity contribution in [1.82, 2.24) is 4.90 Å². The van der Waals surface area contributed by atoms with Gasteiger partial charge in [0.2, 0.25) is 0 Å². The molecule has 1 amide bonds. The fourth-order valence-electron chi connectivity index (χ4n) is 2.67. The lowest BCUT2D eigenvalue weighted by Crippen LogP contribution is -2.46. The van der Waals surface area contributed by atoms with Crippen LogP contribution in [0.1, 0.15) is 16.8 Å². The number of furan rings is 1. The summed E-state index contributed by atoms with van der Waals surface area (Å²) in [7, 11) is 0. The Bertz CT molecular complexity index is 695. The Morgan fingerprint density at radius 2 is 2.13 bits per heavy atom. The second kappa shape index (κ2) is 6.66. The van der Waals surface area contributed by atoms with Crippen LogP contribution < -0.4 is 0 Å². The Kier molecular flexibility index (Phi) is 4.43. The van der Waals surface area contributed by atoms with E-state index in [-0.39, 0.29) is 12.3 Å². The minimum absolute atomic E-state index is 0.0984. The van der Waals surface area contributed by atoms with Gasteiger partial charge in [0.15, 0.2) is 0 Å². The van der Waals surface area contributed by atoms with Crippen molar-refractivity contribution < 1.29 is 23.8 Å². The van der Waals surface area contributed by atoms with Crippen molar-refractivity contribution in [2.45, 2.75) is 12.5 Å². The Balaban J connectivity index is 1.75. The van der Waals surface area contributed by atoms with Crippen LogP contribution in [0.25, 0.3) is 11.1 Å². The molecule has 1 atom stereocenters. The first-order valence-electron chi connectivity index (χ1n) is 7.39. The van der Waals surface area contributed by atoms with Gasteiger partial charge in [-0.3, -0.25) is 9.59 Å². The number of carboxylic acids is 1. The Hall–Kier alpha value is -2.60. The molecule has 2 aromatic rings. The third-order valence-electron chi connectivity index (χ3n) is 3.79. The van der Waals surface area contributed by atoms with Crippen molar-refractivity contribution in [2.75, 3.05) is 19.7 Å². The first-order valence-corrected chi connectivity index (χ1v) is 7.39. The molecular formula is C17H17NO5. The summed E-state index contributed by atoms with van der Waals surface area (Å²) in [6.07, 6.45) is 2.66. The highest BCUT2D eigenvalue weighted by molar-refractivity contribution is 5.95. The number of aliphatic carboxylic acids is 1. The fourth-order valence-corrected chi connectivity index (χ4v) is 2.67. The molecule has 0 aliphatic carbocycles. The summed E-state index contributed by atoms with van der Waals surface area (Å²) >= 11 is 0. The van der Waals surface area contributed by atoms with E-state index in [2.05, 4.69) is 0 Å². The highest BCUT2D eigenvalue weighted by Crippen LogP contribution is 2.22. The number of amides is 1. The summed E-state index contributed by atoms with van der Waals surface area (Å²) in [4.78, 5) is 25.1. The van der Waals surface area contributed by atoms with Crippen molar-refractivity contribution >= 4 is 11.9 Å². The molecule has 0 saturated carbocycles. The molecule has 6 nitrogen and oxygen atoms in total. The van der Waals surface area contributed by atoms with Gasteiger partial charge in [0.05, 0.1) is 31.7 Å². The number of hydrogen-bond donors (Lipinski definition) is 1. The van der Waals surface area contributed by atoms with Gasteiger partial charge in [0.1, 0.15) is 0 Å². The van der Waals surface area contributed by atoms with E-state index in [4.69, 9.17) is 14.3 Å². The topological polar surface area (TPSA) is 80.0 Å². The molecule has 0 bridgehead atoms. The first kappa shape index (κ1) is 15.3. The number of benzene rings is 1. The van der Waals surface area contributed by atoms with E-state index < -0.39 is 12.1 Å². The second-order valence-corrected chi connectivity index (χ2v) is 5.43. The van der Waals surface area contributed by atoms with E-state index in [1.165, 1.54) is 0 Å². The normalized spacial score (nSPS) is 17.9. The van der Waals surface area contributed by atoms with Crippen LogP contribution in [0.15, 0.2) is 47.3 Å². The molecule has 0 unspecified atom stereocenters. The number of ether oxygens (including phenoxy) is 1. The summed E-state index contributed by atoms with van der Waals surface area (Å²) in [5.41, 5.74) is 2.38. The third kappa shape index (κ3) is 3.60. The maximum atomic E-state index is 12.7. The number of hydrogen-bond acceptors (Lipinski definition) is 4. The van der Waals surface area contributed by atoms with Crippen LogP contribution in [0.4, 0.5) is 0 Å².